The molecule has 0 saturated carbocycles. The first kappa shape index (κ1) is 66.1. The van der Waals surface area contributed by atoms with Crippen LogP contribution in [0.4, 0.5) is 0 Å². The SMILES string of the molecule is CCCCCCCC/C=C\CCCCCCCC(=O)OCC(COC(=O)CCCCCCC/C=C\CCCCCCCC)(COC(=O)CCCCCCC/C=C\CCCCCCCC)NC(=O)CN. The Balaban J connectivity index is 4.93. The molecule has 69 heavy (non-hydrogen) atoms. The zero-order chi connectivity index (χ0) is 50.4. The van der Waals surface area contributed by atoms with Gasteiger partial charge >= 0.3 is 17.9 Å². The number of carbonyl (C=O) groups excluding carboxylic acids is 4. The van der Waals surface area contributed by atoms with Crippen LogP contribution in [0.3, 0.4) is 0 Å². The van der Waals surface area contributed by atoms with E-state index in [1.54, 1.807) is 0 Å². The molecule has 0 heterocycles. The van der Waals surface area contributed by atoms with Crippen molar-refractivity contribution in [2.24, 2.45) is 5.73 Å². The van der Waals surface area contributed by atoms with Crippen molar-refractivity contribution >= 4 is 23.8 Å². The number of nitrogens with two attached hydrogens (primary N) is 1. The van der Waals surface area contributed by atoms with Crippen molar-refractivity contribution in [3.8, 4) is 0 Å². The largest absolute Gasteiger partial charge is 0.463 e. The topological polar surface area (TPSA) is 134 Å². The predicted octanol–water partition coefficient (Wildman–Crippen LogP) is 16.5. The summed E-state index contributed by atoms with van der Waals surface area (Å²) >= 11 is 0. The molecule has 0 rings (SSSR count). The van der Waals surface area contributed by atoms with Crippen molar-refractivity contribution in [3.05, 3.63) is 36.5 Å². The number of esters is 3. The Kier molecular flexibility index (Phi) is 50.6. The van der Waals surface area contributed by atoms with E-state index in [1.807, 2.05) is 0 Å². The molecule has 0 saturated heterocycles. The summed E-state index contributed by atoms with van der Waals surface area (Å²) < 4.78 is 17.2. The molecule has 0 unspecified atom stereocenters. The molecule has 0 aromatic rings. The highest BCUT2D eigenvalue weighted by Gasteiger charge is 2.37. The van der Waals surface area contributed by atoms with Gasteiger partial charge in [-0.1, -0.05) is 211 Å². The fourth-order valence-electron chi connectivity index (χ4n) is 8.47. The zero-order valence-electron chi connectivity index (χ0n) is 45.4. The van der Waals surface area contributed by atoms with E-state index in [-0.39, 0.29) is 45.6 Å². The minimum Gasteiger partial charge on any atom is -0.463 e. The maximum Gasteiger partial charge on any atom is 0.305 e. The molecule has 402 valence electrons. The number of amides is 1. The van der Waals surface area contributed by atoms with Crippen molar-refractivity contribution in [2.75, 3.05) is 26.4 Å². The number of unbranched alkanes of at least 4 members (excludes halogenated alkanes) is 33. The molecule has 0 aliphatic carbocycles. The number of nitrogens with one attached hydrogen (secondary N) is 1. The fourth-order valence-corrected chi connectivity index (χ4v) is 8.47. The Morgan fingerprint density at radius 2 is 0.565 bits per heavy atom. The van der Waals surface area contributed by atoms with Crippen LogP contribution in [0.2, 0.25) is 0 Å². The minimum atomic E-state index is -1.45. The van der Waals surface area contributed by atoms with Gasteiger partial charge in [0, 0.05) is 19.3 Å². The first-order chi connectivity index (χ1) is 33.8. The van der Waals surface area contributed by atoms with E-state index in [2.05, 4.69) is 62.5 Å². The first-order valence-electron chi connectivity index (χ1n) is 29.2. The summed E-state index contributed by atoms with van der Waals surface area (Å²) in [5, 5.41) is 2.80. The maximum atomic E-state index is 13.0. The molecule has 0 bridgehead atoms. The van der Waals surface area contributed by atoms with Crippen LogP contribution < -0.4 is 11.1 Å². The van der Waals surface area contributed by atoms with Crippen LogP contribution in [0.15, 0.2) is 36.5 Å². The van der Waals surface area contributed by atoms with Crippen molar-refractivity contribution in [2.45, 2.75) is 296 Å². The highest BCUT2D eigenvalue weighted by Crippen LogP contribution is 2.17. The molecule has 0 aliphatic rings. The van der Waals surface area contributed by atoms with Crippen LogP contribution >= 0.6 is 0 Å². The average molecular weight is 972 g/mol. The van der Waals surface area contributed by atoms with Gasteiger partial charge in [0.25, 0.3) is 0 Å². The Hall–Kier alpha value is -2.94. The lowest BCUT2D eigenvalue weighted by Crippen LogP contribution is -2.60. The van der Waals surface area contributed by atoms with Gasteiger partial charge in [-0.15, -0.1) is 0 Å². The molecule has 0 radical (unpaired) electrons. The third-order valence-electron chi connectivity index (χ3n) is 13.0. The highest BCUT2D eigenvalue weighted by atomic mass is 16.6. The van der Waals surface area contributed by atoms with Gasteiger partial charge in [0.2, 0.25) is 5.91 Å². The quantitative estimate of drug-likeness (QED) is 0.0266. The zero-order valence-corrected chi connectivity index (χ0v) is 45.4. The van der Waals surface area contributed by atoms with E-state index in [4.69, 9.17) is 19.9 Å². The normalized spacial score (nSPS) is 11.9. The maximum absolute atomic E-state index is 13.0. The lowest BCUT2D eigenvalue weighted by molar-refractivity contribution is -0.159. The van der Waals surface area contributed by atoms with E-state index in [1.165, 1.54) is 135 Å². The van der Waals surface area contributed by atoms with Gasteiger partial charge in [-0.3, -0.25) is 19.2 Å². The van der Waals surface area contributed by atoms with E-state index in [9.17, 15) is 19.2 Å². The van der Waals surface area contributed by atoms with Crippen LogP contribution in [0.1, 0.15) is 290 Å². The van der Waals surface area contributed by atoms with Gasteiger partial charge in [-0.05, 0) is 96.3 Å². The van der Waals surface area contributed by atoms with Crippen molar-refractivity contribution in [3.63, 3.8) is 0 Å². The summed E-state index contributed by atoms with van der Waals surface area (Å²) in [5.74, 6) is -1.74. The van der Waals surface area contributed by atoms with Gasteiger partial charge in [0.1, 0.15) is 25.4 Å². The Bertz CT molecular complexity index is 1130. The molecule has 1 amide bonds. The molecule has 0 aliphatic heterocycles. The second-order valence-electron chi connectivity index (χ2n) is 20.0. The van der Waals surface area contributed by atoms with Crippen LogP contribution in [0.25, 0.3) is 0 Å². The predicted molar refractivity (Wildman–Crippen MR) is 291 cm³/mol. The van der Waals surface area contributed by atoms with Crippen molar-refractivity contribution in [1.29, 1.82) is 0 Å². The number of ether oxygens (including phenoxy) is 3. The van der Waals surface area contributed by atoms with Gasteiger partial charge < -0.3 is 25.3 Å². The third kappa shape index (κ3) is 48.5. The molecule has 0 aromatic carbocycles. The molecule has 9 heteroatoms. The summed E-state index contributed by atoms with van der Waals surface area (Å²) in [7, 11) is 0. The third-order valence-corrected chi connectivity index (χ3v) is 13.0. The fraction of sp³-hybridized carbons (Fsp3) is 0.833. The van der Waals surface area contributed by atoms with Crippen molar-refractivity contribution in [1.82, 2.24) is 5.32 Å². The molecular weight excluding hydrogens is 861 g/mol. The van der Waals surface area contributed by atoms with E-state index < -0.39 is 29.4 Å². The molecule has 3 N–H and O–H groups in total. The second-order valence-corrected chi connectivity index (χ2v) is 20.0. The molecule has 0 atom stereocenters. The minimum absolute atomic E-state index is 0.240. The lowest BCUT2D eigenvalue weighted by atomic mass is 10.0. The van der Waals surface area contributed by atoms with E-state index in [0.29, 0.717) is 19.3 Å². The number of carbonyl (C=O) groups is 4. The van der Waals surface area contributed by atoms with Crippen LogP contribution in [-0.4, -0.2) is 55.7 Å². The molecular formula is C60H110N2O7. The van der Waals surface area contributed by atoms with Gasteiger partial charge in [0.05, 0.1) is 6.54 Å². The Labute approximate surface area is 425 Å². The summed E-state index contributed by atoms with van der Waals surface area (Å²) in [6, 6.07) is 0. The monoisotopic (exact) mass is 971 g/mol. The summed E-state index contributed by atoms with van der Waals surface area (Å²) in [6.07, 6.45) is 60.1. The van der Waals surface area contributed by atoms with Crippen LogP contribution in [0.5, 0.6) is 0 Å². The number of hydrogen-bond donors (Lipinski definition) is 2. The van der Waals surface area contributed by atoms with Crippen molar-refractivity contribution < 1.29 is 33.4 Å². The number of rotatable bonds is 53. The summed E-state index contributed by atoms with van der Waals surface area (Å²) in [4.78, 5) is 51.8. The van der Waals surface area contributed by atoms with Gasteiger partial charge in [-0.2, -0.15) is 0 Å². The van der Waals surface area contributed by atoms with Gasteiger partial charge in [-0.25, -0.2) is 0 Å². The summed E-state index contributed by atoms with van der Waals surface area (Å²) in [6.45, 7) is 5.53. The smallest absolute Gasteiger partial charge is 0.305 e. The van der Waals surface area contributed by atoms with Gasteiger partial charge in [0.15, 0.2) is 0 Å². The standard InChI is InChI=1S/C60H110N2O7/c1-4-7-10-13-16-19-22-25-28-31-34-37-40-43-46-49-57(64)67-53-60(62-56(63)52-61,54-68-58(65)50-47-44-41-38-35-32-29-26-23-20-17-14-11-8-5-2)55-69-59(66)51-48-45-42-39-36-33-30-27-24-21-18-15-12-9-6-3/h25-30H,4-24,31-55,61H2,1-3H3,(H,62,63)/b28-25-,29-26-,30-27-. The molecule has 0 aromatic heterocycles. The summed E-state index contributed by atoms with van der Waals surface area (Å²) in [5.41, 5.74) is 4.26. The first-order valence-corrected chi connectivity index (χ1v) is 29.2. The Morgan fingerprint density at radius 3 is 0.797 bits per heavy atom. The van der Waals surface area contributed by atoms with E-state index in [0.717, 1.165) is 96.3 Å². The van der Waals surface area contributed by atoms with E-state index >= 15 is 0 Å². The average Bonchev–Trinajstić information content (AvgIpc) is 3.35. The number of allylic oxidation sites excluding steroid dienone is 6. The van der Waals surface area contributed by atoms with Crippen LogP contribution in [0, 0.1) is 0 Å². The Morgan fingerprint density at radius 1 is 0.348 bits per heavy atom. The molecule has 0 fully saturated rings. The molecule has 0 spiro atoms. The number of hydrogen-bond acceptors (Lipinski definition) is 8. The van der Waals surface area contributed by atoms with Crippen LogP contribution in [-0.2, 0) is 33.4 Å². The lowest BCUT2D eigenvalue weighted by Gasteiger charge is -2.33. The second kappa shape index (κ2) is 52.9. The highest BCUT2D eigenvalue weighted by molar-refractivity contribution is 5.79. The molecule has 9 nitrogen and oxygen atoms in total.